The van der Waals surface area contributed by atoms with Crippen molar-refractivity contribution in [1.82, 2.24) is 14.9 Å². The minimum absolute atomic E-state index is 0.233. The van der Waals surface area contributed by atoms with Crippen LogP contribution in [0.2, 0.25) is 0 Å². The Morgan fingerprint density at radius 1 is 1.13 bits per heavy atom. The summed E-state index contributed by atoms with van der Waals surface area (Å²) >= 11 is 1.45. The molecule has 0 aliphatic heterocycles. The predicted molar refractivity (Wildman–Crippen MR) is 190 cm³/mol. The van der Waals surface area contributed by atoms with Gasteiger partial charge in [0.2, 0.25) is 0 Å². The molecule has 0 spiro atoms. The van der Waals surface area contributed by atoms with Gasteiger partial charge in [-0.05, 0) is 125 Å². The number of allylic oxidation sites excluding steroid dienone is 5. The summed E-state index contributed by atoms with van der Waals surface area (Å²) in [7, 11) is 0. The average Bonchev–Trinajstić information content (AvgIpc) is 3.55. The van der Waals surface area contributed by atoms with Gasteiger partial charge in [0.15, 0.2) is 5.13 Å². The standard InChI is InChI=1S/C39H45N5OS/c1-7-32(37(45)43-38-42-35-10-8-9-11-36(35)46-38)25(4)22-41-26(5)12-13-33(24(2)3)34-17-31(21-40)44(27(34)6)23-39-18-28-14-29(19-39)16-30(15-28)20-39/h7-13,17,28-30,41H,4-5,14-16,18-20,22-23H2,1-3,6H3,(H,42,43,45)/b13-12-,32-7+. The summed E-state index contributed by atoms with van der Waals surface area (Å²) in [6.07, 6.45) is 14.1. The molecule has 7 heteroatoms. The molecule has 1 aromatic carbocycles. The molecule has 2 N–H and O–H groups in total. The molecule has 2 heterocycles. The minimum Gasteiger partial charge on any atom is -0.381 e. The van der Waals surface area contributed by atoms with Crippen molar-refractivity contribution in [2.24, 2.45) is 23.2 Å². The van der Waals surface area contributed by atoms with Crippen molar-refractivity contribution >= 4 is 38.2 Å². The van der Waals surface area contributed by atoms with Gasteiger partial charge in [0, 0.05) is 35.6 Å². The number of aromatic nitrogens is 2. The van der Waals surface area contributed by atoms with E-state index in [-0.39, 0.29) is 5.91 Å². The lowest BCUT2D eigenvalue weighted by atomic mass is 9.49. The third-order valence-electron chi connectivity index (χ3n) is 10.4. The van der Waals surface area contributed by atoms with Crippen LogP contribution in [0.3, 0.4) is 0 Å². The molecule has 238 valence electrons. The first kappa shape index (κ1) is 31.8. The van der Waals surface area contributed by atoms with Crippen molar-refractivity contribution in [3.8, 4) is 6.07 Å². The van der Waals surface area contributed by atoms with Crippen molar-refractivity contribution in [2.45, 2.75) is 72.8 Å². The fraction of sp³-hybridized carbons (Fsp3) is 0.410. The van der Waals surface area contributed by atoms with E-state index in [9.17, 15) is 10.1 Å². The Morgan fingerprint density at radius 2 is 1.80 bits per heavy atom. The number of para-hydroxylation sites is 1. The first-order chi connectivity index (χ1) is 22.1. The summed E-state index contributed by atoms with van der Waals surface area (Å²) in [4.78, 5) is 17.6. The lowest BCUT2D eigenvalue weighted by Crippen LogP contribution is -2.48. The molecule has 4 saturated carbocycles. The van der Waals surface area contributed by atoms with E-state index in [2.05, 4.69) is 72.3 Å². The number of nitrogens with zero attached hydrogens (tertiary/aromatic N) is 3. The van der Waals surface area contributed by atoms with E-state index in [1.54, 1.807) is 6.08 Å². The maximum absolute atomic E-state index is 13.1. The molecule has 7 rings (SSSR count). The molecular weight excluding hydrogens is 587 g/mol. The molecule has 0 atom stereocenters. The average molecular weight is 632 g/mol. The van der Waals surface area contributed by atoms with Gasteiger partial charge in [-0.1, -0.05) is 54.4 Å². The quantitative estimate of drug-likeness (QED) is 0.163. The van der Waals surface area contributed by atoms with Crippen LogP contribution < -0.4 is 10.6 Å². The molecule has 3 aromatic rings. The van der Waals surface area contributed by atoms with Crippen LogP contribution >= 0.6 is 11.3 Å². The number of amides is 1. The van der Waals surface area contributed by atoms with Gasteiger partial charge < -0.3 is 9.88 Å². The highest BCUT2D eigenvalue weighted by molar-refractivity contribution is 7.22. The van der Waals surface area contributed by atoms with Crippen molar-refractivity contribution in [2.75, 3.05) is 11.9 Å². The van der Waals surface area contributed by atoms with E-state index in [0.717, 1.165) is 57.0 Å². The zero-order chi connectivity index (χ0) is 32.6. The molecular formula is C39H45N5OS. The highest BCUT2D eigenvalue weighted by atomic mass is 32.1. The van der Waals surface area contributed by atoms with Gasteiger partial charge in [-0.15, -0.1) is 0 Å². The molecule has 46 heavy (non-hydrogen) atoms. The van der Waals surface area contributed by atoms with Crippen LogP contribution in [0.25, 0.3) is 15.8 Å². The number of carbonyl (C=O) groups excluding carboxylic acids is 1. The third kappa shape index (κ3) is 6.41. The number of rotatable bonds is 11. The van der Waals surface area contributed by atoms with Crippen LogP contribution in [0.5, 0.6) is 0 Å². The summed E-state index contributed by atoms with van der Waals surface area (Å²) in [6, 6.07) is 12.4. The van der Waals surface area contributed by atoms with Crippen LogP contribution in [0.1, 0.15) is 76.2 Å². The second kappa shape index (κ2) is 12.9. The summed E-state index contributed by atoms with van der Waals surface area (Å²) in [5.74, 6) is 2.42. The van der Waals surface area contributed by atoms with E-state index in [4.69, 9.17) is 0 Å². The number of benzene rings is 1. The Bertz CT molecular complexity index is 1770. The van der Waals surface area contributed by atoms with E-state index < -0.39 is 0 Å². The Labute approximate surface area is 277 Å². The molecule has 4 bridgehead atoms. The Morgan fingerprint density at radius 3 is 2.41 bits per heavy atom. The second-order valence-electron chi connectivity index (χ2n) is 14.0. The SMILES string of the molecule is C=C(/C=C\C(=C(C)C)c1cc(C#N)n(CC23CC4CC(CC(C4)C2)C3)c1C)NCC(=C)/C(=C\C)C(=O)Nc1nc2ccccc2s1. The largest absolute Gasteiger partial charge is 0.381 e. The number of thiazole rings is 1. The van der Waals surface area contributed by atoms with Crippen molar-refractivity contribution < 1.29 is 4.79 Å². The molecule has 2 aromatic heterocycles. The molecule has 6 nitrogen and oxygen atoms in total. The van der Waals surface area contributed by atoms with Gasteiger partial charge in [0.1, 0.15) is 11.8 Å². The molecule has 4 aliphatic rings. The molecule has 0 saturated heterocycles. The van der Waals surface area contributed by atoms with Crippen molar-refractivity contribution in [3.63, 3.8) is 0 Å². The summed E-state index contributed by atoms with van der Waals surface area (Å²) in [6.45, 7) is 17.9. The first-order valence-electron chi connectivity index (χ1n) is 16.5. The Kier molecular flexibility index (Phi) is 8.94. The second-order valence-corrected chi connectivity index (χ2v) is 15.0. The normalized spacial score (nSPS) is 23.5. The van der Waals surface area contributed by atoms with Gasteiger partial charge in [-0.25, -0.2) is 4.98 Å². The van der Waals surface area contributed by atoms with E-state index in [0.29, 0.717) is 33.9 Å². The molecule has 4 fully saturated rings. The van der Waals surface area contributed by atoms with Crippen LogP contribution in [-0.4, -0.2) is 22.0 Å². The highest BCUT2D eigenvalue weighted by Crippen LogP contribution is 2.60. The smallest absolute Gasteiger partial charge is 0.257 e. The Hall–Kier alpha value is -4.15. The topological polar surface area (TPSA) is 82.7 Å². The van der Waals surface area contributed by atoms with E-state index in [1.165, 1.54) is 55.4 Å². The lowest BCUT2D eigenvalue weighted by molar-refractivity contribution is -0.112. The maximum Gasteiger partial charge on any atom is 0.257 e. The number of nitrogens with one attached hydrogen (secondary N) is 2. The van der Waals surface area contributed by atoms with Gasteiger partial charge in [0.05, 0.1) is 10.2 Å². The number of nitriles is 1. The van der Waals surface area contributed by atoms with Crippen LogP contribution in [0.4, 0.5) is 5.13 Å². The van der Waals surface area contributed by atoms with E-state index >= 15 is 0 Å². The minimum atomic E-state index is -0.233. The highest BCUT2D eigenvalue weighted by Gasteiger charge is 2.51. The Balaban J connectivity index is 1.10. The number of hydrogen-bond acceptors (Lipinski definition) is 5. The van der Waals surface area contributed by atoms with Crippen molar-refractivity contribution in [3.05, 3.63) is 101 Å². The zero-order valence-electron chi connectivity index (χ0n) is 27.6. The lowest BCUT2D eigenvalue weighted by Gasteiger charge is -2.57. The predicted octanol–water partition coefficient (Wildman–Crippen LogP) is 9.09. The van der Waals surface area contributed by atoms with E-state index in [1.807, 2.05) is 37.3 Å². The summed E-state index contributed by atoms with van der Waals surface area (Å²) in [5.41, 5.74) is 8.40. The van der Waals surface area contributed by atoms with Crippen LogP contribution in [0, 0.1) is 41.4 Å². The van der Waals surface area contributed by atoms with Gasteiger partial charge in [-0.3, -0.25) is 10.1 Å². The van der Waals surface area contributed by atoms with Gasteiger partial charge in [-0.2, -0.15) is 5.26 Å². The van der Waals surface area contributed by atoms with Crippen LogP contribution in [0.15, 0.2) is 84.1 Å². The third-order valence-corrected chi connectivity index (χ3v) is 11.3. The fourth-order valence-corrected chi connectivity index (χ4v) is 9.56. The van der Waals surface area contributed by atoms with Gasteiger partial charge in [0.25, 0.3) is 5.91 Å². The number of fused-ring (bicyclic) bond motifs is 1. The zero-order valence-corrected chi connectivity index (χ0v) is 28.4. The van der Waals surface area contributed by atoms with Gasteiger partial charge >= 0.3 is 0 Å². The molecule has 0 radical (unpaired) electrons. The number of carbonyl (C=O) groups is 1. The number of hydrogen-bond donors (Lipinski definition) is 2. The number of anilines is 1. The summed E-state index contributed by atoms with van der Waals surface area (Å²) in [5, 5.41) is 17.0. The summed E-state index contributed by atoms with van der Waals surface area (Å²) < 4.78 is 3.34. The van der Waals surface area contributed by atoms with Crippen LogP contribution in [-0.2, 0) is 11.3 Å². The molecule has 1 amide bonds. The fourth-order valence-electron chi connectivity index (χ4n) is 8.70. The first-order valence-corrected chi connectivity index (χ1v) is 17.3. The maximum atomic E-state index is 13.1. The molecule has 4 aliphatic carbocycles. The van der Waals surface area contributed by atoms with Crippen molar-refractivity contribution in [1.29, 1.82) is 5.26 Å². The monoisotopic (exact) mass is 631 g/mol. The molecule has 0 unspecified atom stereocenters.